The number of benzene rings is 1. The summed E-state index contributed by atoms with van der Waals surface area (Å²) in [4.78, 5) is 8.59. The van der Waals surface area contributed by atoms with Gasteiger partial charge >= 0.3 is 0 Å². The van der Waals surface area contributed by atoms with Gasteiger partial charge in [0.25, 0.3) is 0 Å². The molecular formula is C20H19FN6. The molecule has 0 unspecified atom stereocenters. The molecule has 3 heterocycles. The summed E-state index contributed by atoms with van der Waals surface area (Å²) in [5.41, 5.74) is 2.73. The van der Waals surface area contributed by atoms with Crippen LogP contribution < -0.4 is 10.6 Å². The number of nitrogens with zero attached hydrogens (tertiary/aromatic N) is 4. The topological polar surface area (TPSA) is 67.1 Å². The van der Waals surface area contributed by atoms with Crippen molar-refractivity contribution in [2.45, 2.75) is 6.42 Å². The SMILES string of the molecule is Fc1ccccc1-c1cc(NCCCNc2cccnc2)n2nccc2n1. The fourth-order valence-corrected chi connectivity index (χ4v) is 2.85. The van der Waals surface area contributed by atoms with E-state index in [1.54, 1.807) is 47.4 Å². The van der Waals surface area contributed by atoms with E-state index in [1.807, 2.05) is 18.2 Å². The highest BCUT2D eigenvalue weighted by molar-refractivity contribution is 5.66. The molecule has 0 saturated carbocycles. The van der Waals surface area contributed by atoms with Gasteiger partial charge in [0, 0.05) is 43.2 Å². The van der Waals surface area contributed by atoms with Gasteiger partial charge in [-0.3, -0.25) is 4.98 Å². The van der Waals surface area contributed by atoms with Crippen molar-refractivity contribution < 1.29 is 4.39 Å². The molecule has 0 aliphatic rings. The highest BCUT2D eigenvalue weighted by Crippen LogP contribution is 2.24. The normalized spacial score (nSPS) is 10.9. The van der Waals surface area contributed by atoms with Crippen molar-refractivity contribution in [3.05, 3.63) is 72.9 Å². The highest BCUT2D eigenvalue weighted by Gasteiger charge is 2.11. The first-order valence-electron chi connectivity index (χ1n) is 8.79. The molecule has 0 aliphatic heterocycles. The van der Waals surface area contributed by atoms with Crippen molar-refractivity contribution in [3.8, 4) is 11.3 Å². The number of hydrogen-bond donors (Lipinski definition) is 2. The predicted molar refractivity (Wildman–Crippen MR) is 104 cm³/mol. The van der Waals surface area contributed by atoms with Crippen molar-refractivity contribution in [2.24, 2.45) is 0 Å². The monoisotopic (exact) mass is 362 g/mol. The number of halogens is 1. The van der Waals surface area contributed by atoms with E-state index < -0.39 is 0 Å². The summed E-state index contributed by atoms with van der Waals surface area (Å²) in [6, 6.07) is 14.2. The Kier molecular flexibility index (Phi) is 4.91. The van der Waals surface area contributed by atoms with E-state index in [1.165, 1.54) is 6.07 Å². The third kappa shape index (κ3) is 3.87. The molecule has 1 aromatic carbocycles. The maximum atomic E-state index is 14.2. The second-order valence-corrected chi connectivity index (χ2v) is 6.06. The zero-order valence-corrected chi connectivity index (χ0v) is 14.6. The Bertz CT molecular complexity index is 1030. The van der Waals surface area contributed by atoms with Gasteiger partial charge in [0.1, 0.15) is 11.6 Å². The third-order valence-electron chi connectivity index (χ3n) is 4.16. The molecular weight excluding hydrogens is 343 g/mol. The maximum absolute atomic E-state index is 14.2. The van der Waals surface area contributed by atoms with E-state index in [0.29, 0.717) is 16.9 Å². The first-order chi connectivity index (χ1) is 13.3. The minimum Gasteiger partial charge on any atom is -0.384 e. The van der Waals surface area contributed by atoms with Crippen LogP contribution in [-0.2, 0) is 0 Å². The zero-order chi connectivity index (χ0) is 18.5. The van der Waals surface area contributed by atoms with E-state index in [2.05, 4.69) is 25.7 Å². The van der Waals surface area contributed by atoms with E-state index in [9.17, 15) is 4.39 Å². The molecule has 0 aliphatic carbocycles. The summed E-state index contributed by atoms with van der Waals surface area (Å²) in [7, 11) is 0. The largest absolute Gasteiger partial charge is 0.384 e. The van der Waals surface area contributed by atoms with Crippen LogP contribution in [0, 0.1) is 5.82 Å². The average Bonchev–Trinajstić information content (AvgIpc) is 3.17. The Morgan fingerprint density at radius 3 is 2.70 bits per heavy atom. The first kappa shape index (κ1) is 17.0. The maximum Gasteiger partial charge on any atom is 0.157 e. The number of aromatic nitrogens is 4. The molecule has 0 spiro atoms. The molecule has 6 nitrogen and oxygen atoms in total. The molecule has 4 rings (SSSR count). The lowest BCUT2D eigenvalue weighted by Crippen LogP contribution is -2.12. The molecule has 0 bridgehead atoms. The molecule has 3 aromatic heterocycles. The standard InChI is InChI=1S/C20H19FN6/c21-17-7-2-1-6-16(17)18-13-20(27-19(26-18)8-12-25-27)24-11-4-10-23-15-5-3-9-22-14-15/h1-3,5-9,12-14,23-24H,4,10-11H2. The van der Waals surface area contributed by atoms with E-state index in [0.717, 1.165) is 31.0 Å². The lowest BCUT2D eigenvalue weighted by Gasteiger charge is -2.11. The summed E-state index contributed by atoms with van der Waals surface area (Å²) >= 11 is 0. The van der Waals surface area contributed by atoms with Crippen LogP contribution in [0.15, 0.2) is 67.1 Å². The Labute approximate surface area is 156 Å². The van der Waals surface area contributed by atoms with Gasteiger partial charge in [-0.15, -0.1) is 0 Å². The number of anilines is 2. The lowest BCUT2D eigenvalue weighted by molar-refractivity contribution is 0.630. The smallest absolute Gasteiger partial charge is 0.157 e. The third-order valence-corrected chi connectivity index (χ3v) is 4.16. The molecule has 0 saturated heterocycles. The van der Waals surface area contributed by atoms with Gasteiger partial charge in [-0.2, -0.15) is 9.61 Å². The molecule has 4 aromatic rings. The van der Waals surface area contributed by atoms with Crippen LogP contribution in [0.5, 0.6) is 0 Å². The van der Waals surface area contributed by atoms with Crippen LogP contribution in [0.1, 0.15) is 6.42 Å². The van der Waals surface area contributed by atoms with Crippen molar-refractivity contribution in [1.29, 1.82) is 0 Å². The second kappa shape index (κ2) is 7.82. The van der Waals surface area contributed by atoms with Crippen molar-refractivity contribution >= 4 is 17.2 Å². The van der Waals surface area contributed by atoms with Gasteiger partial charge < -0.3 is 10.6 Å². The fraction of sp³-hybridized carbons (Fsp3) is 0.150. The van der Waals surface area contributed by atoms with Gasteiger partial charge in [-0.25, -0.2) is 9.37 Å². The van der Waals surface area contributed by atoms with Gasteiger partial charge in [-0.1, -0.05) is 12.1 Å². The number of nitrogens with one attached hydrogen (secondary N) is 2. The summed E-state index contributed by atoms with van der Waals surface area (Å²) in [5.74, 6) is 0.491. The van der Waals surface area contributed by atoms with E-state index in [4.69, 9.17) is 0 Å². The average molecular weight is 362 g/mol. The molecule has 0 radical (unpaired) electrons. The molecule has 2 N–H and O–H groups in total. The molecule has 0 amide bonds. The van der Waals surface area contributed by atoms with Gasteiger partial charge in [-0.05, 0) is 30.7 Å². The Morgan fingerprint density at radius 1 is 0.963 bits per heavy atom. The van der Waals surface area contributed by atoms with Crippen LogP contribution in [-0.4, -0.2) is 32.7 Å². The predicted octanol–water partition coefficient (Wildman–Crippen LogP) is 3.84. The minimum atomic E-state index is -0.291. The summed E-state index contributed by atoms with van der Waals surface area (Å²) in [6.45, 7) is 1.55. The molecule has 27 heavy (non-hydrogen) atoms. The van der Waals surface area contributed by atoms with Crippen molar-refractivity contribution in [2.75, 3.05) is 23.7 Å². The highest BCUT2D eigenvalue weighted by atomic mass is 19.1. The molecule has 0 fully saturated rings. The lowest BCUT2D eigenvalue weighted by atomic mass is 10.1. The van der Waals surface area contributed by atoms with Gasteiger partial charge in [0.2, 0.25) is 0 Å². The Balaban J connectivity index is 1.46. The van der Waals surface area contributed by atoms with Crippen LogP contribution >= 0.6 is 0 Å². The fourth-order valence-electron chi connectivity index (χ4n) is 2.85. The number of rotatable bonds is 7. The van der Waals surface area contributed by atoms with Gasteiger partial charge in [0.05, 0.1) is 17.6 Å². The van der Waals surface area contributed by atoms with E-state index in [-0.39, 0.29) is 5.82 Å². The number of fused-ring (bicyclic) bond motifs is 1. The number of pyridine rings is 1. The van der Waals surface area contributed by atoms with Crippen LogP contribution in [0.3, 0.4) is 0 Å². The van der Waals surface area contributed by atoms with Crippen LogP contribution in [0.25, 0.3) is 16.9 Å². The first-order valence-corrected chi connectivity index (χ1v) is 8.79. The zero-order valence-electron chi connectivity index (χ0n) is 14.6. The molecule has 136 valence electrons. The van der Waals surface area contributed by atoms with Crippen LogP contribution in [0.2, 0.25) is 0 Å². The van der Waals surface area contributed by atoms with E-state index >= 15 is 0 Å². The molecule has 0 atom stereocenters. The van der Waals surface area contributed by atoms with Gasteiger partial charge in [0.15, 0.2) is 5.65 Å². The Morgan fingerprint density at radius 2 is 1.85 bits per heavy atom. The number of hydrogen-bond acceptors (Lipinski definition) is 5. The van der Waals surface area contributed by atoms with Crippen molar-refractivity contribution in [1.82, 2.24) is 19.6 Å². The summed E-state index contributed by atoms with van der Waals surface area (Å²) in [6.07, 6.45) is 6.13. The van der Waals surface area contributed by atoms with Crippen LogP contribution in [0.4, 0.5) is 15.9 Å². The minimum absolute atomic E-state index is 0.291. The summed E-state index contributed by atoms with van der Waals surface area (Å²) < 4.78 is 15.9. The second-order valence-electron chi connectivity index (χ2n) is 6.06. The quantitative estimate of drug-likeness (QED) is 0.489. The molecule has 7 heteroatoms. The Hall–Kier alpha value is -3.48. The van der Waals surface area contributed by atoms with Crippen molar-refractivity contribution in [3.63, 3.8) is 0 Å². The summed E-state index contributed by atoms with van der Waals surface area (Å²) in [5, 5.41) is 11.0.